The zero-order valence-electron chi connectivity index (χ0n) is 15.3. The van der Waals surface area contributed by atoms with Gasteiger partial charge in [-0.3, -0.25) is 0 Å². The van der Waals surface area contributed by atoms with Gasteiger partial charge in [-0.1, -0.05) is 17.3 Å². The highest BCUT2D eigenvalue weighted by Gasteiger charge is 2.24. The minimum absolute atomic E-state index is 0.219. The SMILES string of the molecule is CC(C)(C)OC(=O)N1CCCN(c2ccc(C3=NOCC3)cc2)CC1. The van der Waals surface area contributed by atoms with Crippen LogP contribution in [0.5, 0.6) is 0 Å². The molecule has 136 valence electrons. The number of benzene rings is 1. The summed E-state index contributed by atoms with van der Waals surface area (Å²) in [6, 6.07) is 8.44. The zero-order valence-corrected chi connectivity index (χ0v) is 15.3. The molecular weight excluding hydrogens is 318 g/mol. The van der Waals surface area contributed by atoms with E-state index in [1.54, 1.807) is 0 Å². The number of nitrogens with zero attached hydrogens (tertiary/aromatic N) is 3. The van der Waals surface area contributed by atoms with Crippen LogP contribution in [-0.4, -0.2) is 55.1 Å². The number of amides is 1. The second-order valence-electron chi connectivity index (χ2n) is 7.48. The van der Waals surface area contributed by atoms with Crippen LogP contribution in [0.15, 0.2) is 29.4 Å². The molecule has 6 heteroatoms. The van der Waals surface area contributed by atoms with E-state index in [0.717, 1.165) is 43.8 Å². The van der Waals surface area contributed by atoms with Gasteiger partial charge in [0.25, 0.3) is 0 Å². The summed E-state index contributed by atoms with van der Waals surface area (Å²) in [7, 11) is 0. The molecule has 3 rings (SSSR count). The number of hydrogen-bond donors (Lipinski definition) is 0. The molecule has 1 amide bonds. The Kier molecular flexibility index (Phi) is 5.16. The van der Waals surface area contributed by atoms with Crippen LogP contribution in [0.4, 0.5) is 10.5 Å². The van der Waals surface area contributed by atoms with Crippen molar-refractivity contribution in [2.75, 3.05) is 37.7 Å². The van der Waals surface area contributed by atoms with E-state index in [4.69, 9.17) is 9.57 Å². The molecule has 0 saturated carbocycles. The van der Waals surface area contributed by atoms with Crippen LogP contribution in [0.25, 0.3) is 0 Å². The number of rotatable bonds is 2. The van der Waals surface area contributed by atoms with Crippen LogP contribution in [0.1, 0.15) is 39.2 Å². The quantitative estimate of drug-likeness (QED) is 0.825. The minimum Gasteiger partial charge on any atom is -0.444 e. The Morgan fingerprint density at radius 2 is 1.88 bits per heavy atom. The lowest BCUT2D eigenvalue weighted by Crippen LogP contribution is -2.39. The average molecular weight is 345 g/mol. The van der Waals surface area contributed by atoms with Crippen molar-refractivity contribution in [2.45, 2.75) is 39.2 Å². The molecule has 0 radical (unpaired) electrons. The monoisotopic (exact) mass is 345 g/mol. The summed E-state index contributed by atoms with van der Waals surface area (Å²) >= 11 is 0. The molecule has 1 aromatic carbocycles. The summed E-state index contributed by atoms with van der Waals surface area (Å²) in [6.45, 7) is 9.52. The van der Waals surface area contributed by atoms with Crippen LogP contribution < -0.4 is 4.90 Å². The molecule has 2 heterocycles. The number of carbonyl (C=O) groups is 1. The standard InChI is InChI=1S/C19H27N3O3/c1-19(2,3)25-18(23)22-11-4-10-21(12-13-22)16-7-5-15(6-8-16)17-9-14-24-20-17/h5-8H,4,9-14H2,1-3H3. The Bertz CT molecular complexity index is 634. The van der Waals surface area contributed by atoms with E-state index in [9.17, 15) is 4.79 Å². The summed E-state index contributed by atoms with van der Waals surface area (Å²) in [5, 5.41) is 4.07. The van der Waals surface area contributed by atoms with Gasteiger partial charge < -0.3 is 19.4 Å². The zero-order chi connectivity index (χ0) is 17.9. The Labute approximate surface area is 149 Å². The minimum atomic E-state index is -0.453. The predicted molar refractivity (Wildman–Crippen MR) is 98.2 cm³/mol. The van der Waals surface area contributed by atoms with Gasteiger partial charge in [0.05, 0.1) is 5.71 Å². The summed E-state index contributed by atoms with van der Waals surface area (Å²) in [5.74, 6) is 0. The number of hydrogen-bond acceptors (Lipinski definition) is 5. The molecule has 2 aliphatic rings. The van der Waals surface area contributed by atoms with Crippen molar-refractivity contribution in [1.82, 2.24) is 4.90 Å². The molecule has 0 unspecified atom stereocenters. The largest absolute Gasteiger partial charge is 0.444 e. The molecule has 2 aliphatic heterocycles. The number of anilines is 1. The van der Waals surface area contributed by atoms with E-state index in [0.29, 0.717) is 13.2 Å². The highest BCUT2D eigenvalue weighted by Crippen LogP contribution is 2.20. The van der Waals surface area contributed by atoms with Gasteiger partial charge in [-0.25, -0.2) is 4.79 Å². The maximum Gasteiger partial charge on any atom is 0.410 e. The molecule has 0 spiro atoms. The maximum absolute atomic E-state index is 12.3. The molecule has 1 aromatic rings. The van der Waals surface area contributed by atoms with Crippen molar-refractivity contribution in [3.05, 3.63) is 29.8 Å². The second-order valence-corrected chi connectivity index (χ2v) is 7.48. The van der Waals surface area contributed by atoms with E-state index in [-0.39, 0.29) is 6.09 Å². The van der Waals surface area contributed by atoms with Crippen molar-refractivity contribution in [1.29, 1.82) is 0 Å². The van der Waals surface area contributed by atoms with Crippen molar-refractivity contribution in [3.63, 3.8) is 0 Å². The van der Waals surface area contributed by atoms with Crippen LogP contribution >= 0.6 is 0 Å². The van der Waals surface area contributed by atoms with Gasteiger partial charge in [-0.05, 0) is 44.9 Å². The first-order valence-electron chi connectivity index (χ1n) is 8.94. The smallest absolute Gasteiger partial charge is 0.410 e. The first-order valence-corrected chi connectivity index (χ1v) is 8.94. The van der Waals surface area contributed by atoms with E-state index in [1.165, 1.54) is 5.69 Å². The van der Waals surface area contributed by atoms with Crippen LogP contribution in [0, 0.1) is 0 Å². The lowest BCUT2D eigenvalue weighted by Gasteiger charge is -2.27. The molecule has 0 N–H and O–H groups in total. The van der Waals surface area contributed by atoms with E-state index in [2.05, 4.69) is 34.3 Å². The summed E-state index contributed by atoms with van der Waals surface area (Å²) in [6.07, 6.45) is 1.58. The van der Waals surface area contributed by atoms with Crippen LogP contribution in [-0.2, 0) is 9.57 Å². The van der Waals surface area contributed by atoms with E-state index in [1.807, 2.05) is 25.7 Å². The van der Waals surface area contributed by atoms with Crippen molar-refractivity contribution < 1.29 is 14.4 Å². The Hall–Kier alpha value is -2.24. The van der Waals surface area contributed by atoms with E-state index >= 15 is 0 Å². The summed E-state index contributed by atoms with van der Waals surface area (Å²) in [5.41, 5.74) is 2.85. The highest BCUT2D eigenvalue weighted by atomic mass is 16.6. The highest BCUT2D eigenvalue weighted by molar-refractivity contribution is 6.01. The molecule has 0 aliphatic carbocycles. The molecule has 0 atom stereocenters. The summed E-state index contributed by atoms with van der Waals surface area (Å²) < 4.78 is 5.49. The van der Waals surface area contributed by atoms with Gasteiger partial charge in [0.2, 0.25) is 0 Å². The van der Waals surface area contributed by atoms with Gasteiger partial charge >= 0.3 is 6.09 Å². The van der Waals surface area contributed by atoms with Crippen molar-refractivity contribution in [3.8, 4) is 0 Å². The van der Waals surface area contributed by atoms with Crippen LogP contribution in [0.2, 0.25) is 0 Å². The number of oxime groups is 1. The fourth-order valence-electron chi connectivity index (χ4n) is 3.06. The predicted octanol–water partition coefficient (Wildman–Crippen LogP) is 3.26. The van der Waals surface area contributed by atoms with Crippen LogP contribution in [0.3, 0.4) is 0 Å². The summed E-state index contributed by atoms with van der Waals surface area (Å²) in [4.78, 5) is 21.5. The maximum atomic E-state index is 12.3. The van der Waals surface area contributed by atoms with Gasteiger partial charge in [-0.15, -0.1) is 0 Å². The third-order valence-electron chi connectivity index (χ3n) is 4.32. The molecule has 25 heavy (non-hydrogen) atoms. The number of ether oxygens (including phenoxy) is 1. The Balaban J connectivity index is 1.60. The lowest BCUT2D eigenvalue weighted by molar-refractivity contribution is 0.0263. The molecule has 1 fully saturated rings. The third kappa shape index (κ3) is 4.65. The molecule has 0 bridgehead atoms. The van der Waals surface area contributed by atoms with Gasteiger partial charge in [-0.2, -0.15) is 0 Å². The van der Waals surface area contributed by atoms with Crippen molar-refractivity contribution in [2.24, 2.45) is 5.16 Å². The Morgan fingerprint density at radius 3 is 2.52 bits per heavy atom. The molecule has 0 aromatic heterocycles. The van der Waals surface area contributed by atoms with Gasteiger partial charge in [0.1, 0.15) is 12.2 Å². The first kappa shape index (κ1) is 17.6. The van der Waals surface area contributed by atoms with Gasteiger partial charge in [0, 0.05) is 38.3 Å². The van der Waals surface area contributed by atoms with Crippen molar-refractivity contribution >= 4 is 17.5 Å². The van der Waals surface area contributed by atoms with Gasteiger partial charge in [0.15, 0.2) is 0 Å². The Morgan fingerprint density at radius 1 is 1.12 bits per heavy atom. The first-order chi connectivity index (χ1) is 11.9. The fourth-order valence-corrected chi connectivity index (χ4v) is 3.06. The second kappa shape index (κ2) is 7.33. The normalized spacial score (nSPS) is 18.4. The van der Waals surface area contributed by atoms with E-state index < -0.39 is 5.60 Å². The molecule has 1 saturated heterocycles. The lowest BCUT2D eigenvalue weighted by atomic mass is 10.1. The molecule has 6 nitrogen and oxygen atoms in total. The number of carbonyl (C=O) groups excluding carboxylic acids is 1. The molecular formula is C19H27N3O3. The third-order valence-corrected chi connectivity index (χ3v) is 4.32. The fraction of sp³-hybridized carbons (Fsp3) is 0.579. The average Bonchev–Trinajstić information content (AvgIpc) is 2.98. The topological polar surface area (TPSA) is 54.4 Å².